The summed E-state index contributed by atoms with van der Waals surface area (Å²) in [5.41, 5.74) is 2.00. The van der Waals surface area contributed by atoms with Gasteiger partial charge in [-0.2, -0.15) is 0 Å². The van der Waals surface area contributed by atoms with Crippen LogP contribution in [0, 0.1) is 0 Å². The smallest absolute Gasteiger partial charge is 0.248 e. The van der Waals surface area contributed by atoms with E-state index in [9.17, 15) is 9.59 Å². The van der Waals surface area contributed by atoms with Crippen molar-refractivity contribution in [1.29, 1.82) is 0 Å². The van der Waals surface area contributed by atoms with Crippen molar-refractivity contribution in [2.45, 2.75) is 6.92 Å². The minimum atomic E-state index is -0.285. The van der Waals surface area contributed by atoms with Crippen LogP contribution >= 0.6 is 0 Å². The summed E-state index contributed by atoms with van der Waals surface area (Å²) < 4.78 is 5.22. The molecule has 0 heterocycles. The first-order valence-corrected chi connectivity index (χ1v) is 7.08. The molecule has 23 heavy (non-hydrogen) atoms. The molecule has 0 aliphatic carbocycles. The Morgan fingerprint density at radius 2 is 1.78 bits per heavy atom. The fraction of sp³-hybridized carbons (Fsp3) is 0.111. The van der Waals surface area contributed by atoms with E-state index in [0.29, 0.717) is 17.1 Å². The summed E-state index contributed by atoms with van der Waals surface area (Å²) >= 11 is 0. The van der Waals surface area contributed by atoms with Gasteiger partial charge in [-0.25, -0.2) is 0 Å². The Morgan fingerprint density at radius 3 is 2.43 bits per heavy atom. The van der Waals surface area contributed by atoms with Gasteiger partial charge in [-0.15, -0.1) is 0 Å². The van der Waals surface area contributed by atoms with Gasteiger partial charge in [-0.3, -0.25) is 9.59 Å². The lowest BCUT2D eigenvalue weighted by atomic mass is 10.2. The zero-order chi connectivity index (χ0) is 16.7. The highest BCUT2D eigenvalue weighted by Crippen LogP contribution is 2.27. The molecule has 0 spiro atoms. The lowest BCUT2D eigenvalue weighted by Gasteiger charge is -2.11. The number of anilines is 2. The largest absolute Gasteiger partial charge is 0.495 e. The summed E-state index contributed by atoms with van der Waals surface area (Å²) in [6, 6.07) is 14.6. The zero-order valence-electron chi connectivity index (χ0n) is 13.0. The number of ether oxygens (including phenoxy) is 1. The molecule has 0 unspecified atom stereocenters. The minimum Gasteiger partial charge on any atom is -0.495 e. The third kappa shape index (κ3) is 5.00. The molecule has 0 saturated carbocycles. The number of hydrogen-bond donors (Lipinski definition) is 2. The van der Waals surface area contributed by atoms with E-state index in [-0.39, 0.29) is 11.8 Å². The quantitative estimate of drug-likeness (QED) is 0.833. The Labute approximate surface area is 135 Å². The van der Waals surface area contributed by atoms with Crippen molar-refractivity contribution in [3.63, 3.8) is 0 Å². The van der Waals surface area contributed by atoms with Crippen molar-refractivity contribution in [3.8, 4) is 5.75 Å². The maximum atomic E-state index is 12.0. The van der Waals surface area contributed by atoms with Gasteiger partial charge in [0.05, 0.1) is 12.8 Å². The highest BCUT2D eigenvalue weighted by atomic mass is 16.5. The Hall–Kier alpha value is -3.08. The van der Waals surface area contributed by atoms with Gasteiger partial charge in [-0.1, -0.05) is 30.3 Å². The molecule has 2 rings (SSSR count). The van der Waals surface area contributed by atoms with Crippen LogP contribution in [0.25, 0.3) is 6.08 Å². The minimum absolute atomic E-state index is 0.184. The SMILES string of the molecule is COc1ccc(NC(C)=O)cc1NC(=O)C=Cc1ccccc1. The van der Waals surface area contributed by atoms with E-state index in [2.05, 4.69) is 10.6 Å². The monoisotopic (exact) mass is 310 g/mol. The van der Waals surface area contributed by atoms with E-state index in [1.165, 1.54) is 20.1 Å². The van der Waals surface area contributed by atoms with E-state index >= 15 is 0 Å². The maximum absolute atomic E-state index is 12.0. The van der Waals surface area contributed by atoms with Crippen LogP contribution in [0.2, 0.25) is 0 Å². The molecule has 0 saturated heterocycles. The van der Waals surface area contributed by atoms with Crippen LogP contribution in [0.3, 0.4) is 0 Å². The summed E-state index contributed by atoms with van der Waals surface area (Å²) in [5, 5.41) is 5.41. The molecule has 118 valence electrons. The molecule has 2 aromatic carbocycles. The zero-order valence-corrected chi connectivity index (χ0v) is 13.0. The number of carbonyl (C=O) groups is 2. The van der Waals surface area contributed by atoms with Gasteiger partial charge in [-0.05, 0) is 29.8 Å². The Bertz CT molecular complexity index is 724. The van der Waals surface area contributed by atoms with Crippen LogP contribution in [0.15, 0.2) is 54.6 Å². The molecule has 5 heteroatoms. The second-order valence-corrected chi connectivity index (χ2v) is 4.83. The maximum Gasteiger partial charge on any atom is 0.248 e. The summed E-state index contributed by atoms with van der Waals surface area (Å²) in [4.78, 5) is 23.2. The molecular formula is C18H18N2O3. The van der Waals surface area contributed by atoms with Gasteiger partial charge in [0.2, 0.25) is 11.8 Å². The first kappa shape index (κ1) is 16.3. The van der Waals surface area contributed by atoms with E-state index in [4.69, 9.17) is 4.74 Å². The molecule has 2 amide bonds. The Morgan fingerprint density at radius 1 is 1.04 bits per heavy atom. The third-order valence-electron chi connectivity index (χ3n) is 3.00. The van der Waals surface area contributed by atoms with Gasteiger partial charge >= 0.3 is 0 Å². The molecule has 0 bridgehead atoms. The van der Waals surface area contributed by atoms with Crippen LogP contribution in [0.5, 0.6) is 5.75 Å². The van der Waals surface area contributed by atoms with Gasteiger partial charge in [0.25, 0.3) is 0 Å². The molecule has 0 aliphatic rings. The average Bonchev–Trinajstić information content (AvgIpc) is 2.54. The molecule has 0 aliphatic heterocycles. The van der Waals surface area contributed by atoms with Crippen LogP contribution in [0.4, 0.5) is 11.4 Å². The van der Waals surface area contributed by atoms with E-state index < -0.39 is 0 Å². The number of hydrogen-bond acceptors (Lipinski definition) is 3. The predicted molar refractivity (Wildman–Crippen MR) is 91.4 cm³/mol. The second-order valence-electron chi connectivity index (χ2n) is 4.83. The van der Waals surface area contributed by atoms with Crippen LogP contribution in [-0.4, -0.2) is 18.9 Å². The fourth-order valence-electron chi connectivity index (χ4n) is 2.00. The number of methoxy groups -OCH3 is 1. The van der Waals surface area contributed by atoms with Crippen LogP contribution in [-0.2, 0) is 9.59 Å². The standard InChI is InChI=1S/C18H18N2O3/c1-13(21)19-15-9-10-17(23-2)16(12-15)20-18(22)11-8-14-6-4-3-5-7-14/h3-12H,1-2H3,(H,19,21)(H,20,22). The molecule has 5 nitrogen and oxygen atoms in total. The molecule has 0 atom stereocenters. The lowest BCUT2D eigenvalue weighted by Crippen LogP contribution is -2.10. The molecule has 0 aromatic heterocycles. The number of carbonyl (C=O) groups excluding carboxylic acids is 2. The highest BCUT2D eigenvalue weighted by molar-refractivity contribution is 6.03. The first-order chi connectivity index (χ1) is 11.1. The van der Waals surface area contributed by atoms with E-state index in [1.807, 2.05) is 30.3 Å². The normalized spacial score (nSPS) is 10.3. The summed E-state index contributed by atoms with van der Waals surface area (Å²) in [6.45, 7) is 1.42. The molecule has 0 radical (unpaired) electrons. The van der Waals surface area contributed by atoms with Crippen molar-refractivity contribution < 1.29 is 14.3 Å². The number of rotatable bonds is 5. The first-order valence-electron chi connectivity index (χ1n) is 7.08. The Balaban J connectivity index is 2.12. The van der Waals surface area contributed by atoms with Gasteiger partial charge in [0.15, 0.2) is 0 Å². The van der Waals surface area contributed by atoms with Crippen molar-refractivity contribution in [1.82, 2.24) is 0 Å². The molecule has 2 aromatic rings. The van der Waals surface area contributed by atoms with Crippen LogP contribution < -0.4 is 15.4 Å². The second kappa shape index (κ2) is 7.79. The molecular weight excluding hydrogens is 292 g/mol. The van der Waals surface area contributed by atoms with Gasteiger partial charge in [0, 0.05) is 18.7 Å². The number of nitrogens with one attached hydrogen (secondary N) is 2. The lowest BCUT2D eigenvalue weighted by molar-refractivity contribution is -0.114. The highest BCUT2D eigenvalue weighted by Gasteiger charge is 2.07. The van der Waals surface area contributed by atoms with Crippen molar-refractivity contribution in [2.24, 2.45) is 0 Å². The van der Waals surface area contributed by atoms with Crippen molar-refractivity contribution in [2.75, 3.05) is 17.7 Å². The van der Waals surface area contributed by atoms with Crippen molar-refractivity contribution >= 4 is 29.3 Å². The summed E-state index contributed by atoms with van der Waals surface area (Å²) in [6.07, 6.45) is 3.17. The van der Waals surface area contributed by atoms with Crippen LogP contribution in [0.1, 0.15) is 12.5 Å². The molecule has 2 N–H and O–H groups in total. The predicted octanol–water partition coefficient (Wildman–Crippen LogP) is 3.31. The van der Waals surface area contributed by atoms with E-state index in [0.717, 1.165) is 5.56 Å². The topological polar surface area (TPSA) is 67.4 Å². The Kier molecular flexibility index (Phi) is 5.52. The third-order valence-corrected chi connectivity index (χ3v) is 3.00. The summed E-state index contributed by atoms with van der Waals surface area (Å²) in [5.74, 6) is 0.0455. The fourth-order valence-corrected chi connectivity index (χ4v) is 2.00. The van der Waals surface area contributed by atoms with Gasteiger partial charge in [0.1, 0.15) is 5.75 Å². The number of benzene rings is 2. The average molecular weight is 310 g/mol. The van der Waals surface area contributed by atoms with Crippen molar-refractivity contribution in [3.05, 3.63) is 60.2 Å². The molecule has 0 fully saturated rings. The summed E-state index contributed by atoms with van der Waals surface area (Å²) in [7, 11) is 1.52. The van der Waals surface area contributed by atoms with E-state index in [1.54, 1.807) is 24.3 Å². The number of amides is 2. The van der Waals surface area contributed by atoms with Gasteiger partial charge < -0.3 is 15.4 Å².